The van der Waals surface area contributed by atoms with Crippen molar-refractivity contribution in [2.24, 2.45) is 0 Å². The van der Waals surface area contributed by atoms with Crippen molar-refractivity contribution in [1.82, 2.24) is 44.1 Å². The van der Waals surface area contributed by atoms with Crippen LogP contribution >= 0.6 is 82.3 Å². The lowest BCUT2D eigenvalue weighted by Gasteiger charge is -2.24. The second-order valence-electron chi connectivity index (χ2n) is 25.6. The molecule has 0 aromatic rings. The van der Waals surface area contributed by atoms with Crippen molar-refractivity contribution in [3.8, 4) is 0 Å². The maximum Gasteiger partial charge on any atom is 0.251 e. The zero-order chi connectivity index (χ0) is 74.4. The third-order valence-corrected chi connectivity index (χ3v) is 20.7. The van der Waals surface area contributed by atoms with Crippen LogP contribution in [0.5, 0.6) is 0 Å². The van der Waals surface area contributed by atoms with E-state index in [1.54, 1.807) is 115 Å². The molecule has 0 aliphatic carbocycles. The fraction of sp³-hybridized carbons (Fsp3) is 0.653. The number of carbonyl (C=O) groups excluding carboxylic acids is 9. The van der Waals surface area contributed by atoms with Crippen LogP contribution in [0.3, 0.4) is 0 Å². The molecule has 0 N–H and O–H groups in total. The Morgan fingerprint density at radius 2 is 0.879 bits per heavy atom. The van der Waals surface area contributed by atoms with Crippen LogP contribution < -0.4 is 0 Å². The molecule has 2 fully saturated rings. The average Bonchev–Trinajstić information content (AvgIpc) is 2.87. The Bertz CT molecular complexity index is 2500. The number of amides is 9. The molecule has 0 atom stereocenters. The van der Waals surface area contributed by atoms with Crippen molar-refractivity contribution < 1.29 is 52.6 Å². The van der Waals surface area contributed by atoms with Crippen LogP contribution in [0.15, 0.2) is 94.3 Å². The van der Waals surface area contributed by atoms with Gasteiger partial charge in [0.05, 0.1) is 30.5 Å². The number of ether oxygens (including phenoxy) is 2. The van der Waals surface area contributed by atoms with Crippen molar-refractivity contribution in [3.63, 3.8) is 0 Å². The van der Waals surface area contributed by atoms with Crippen LogP contribution in [0.2, 0.25) is 0 Å². The summed E-state index contributed by atoms with van der Waals surface area (Å²) in [5.41, 5.74) is 0. The second kappa shape index (κ2) is 54.1. The van der Waals surface area contributed by atoms with Gasteiger partial charge in [-0.15, -0.1) is 70.6 Å². The zero-order valence-corrected chi connectivity index (χ0v) is 68.2. The summed E-state index contributed by atoms with van der Waals surface area (Å²) in [4.78, 5) is 118. The lowest BCUT2D eigenvalue weighted by molar-refractivity contribution is -0.135. The van der Waals surface area contributed by atoms with E-state index in [0.29, 0.717) is 81.4 Å². The van der Waals surface area contributed by atoms with Gasteiger partial charge in [0, 0.05) is 159 Å². The van der Waals surface area contributed by atoms with Crippen molar-refractivity contribution in [1.29, 1.82) is 0 Å². The van der Waals surface area contributed by atoms with Crippen LogP contribution in [0.25, 0.3) is 0 Å². The Labute approximate surface area is 625 Å². The predicted molar refractivity (Wildman–Crippen MR) is 422 cm³/mol. The van der Waals surface area contributed by atoms with Gasteiger partial charge in [0.2, 0.25) is 47.3 Å². The zero-order valence-electron chi connectivity index (χ0n) is 62.4. The monoisotopic (exact) mass is 1510 g/mol. The molecule has 0 spiro atoms. The van der Waals surface area contributed by atoms with E-state index in [2.05, 4.69) is 27.7 Å². The van der Waals surface area contributed by atoms with E-state index in [1.807, 2.05) is 191 Å². The molecule has 9 aliphatic rings. The number of hydrogen-bond donors (Lipinski definition) is 0. The molecule has 2 saturated heterocycles. The van der Waals surface area contributed by atoms with E-state index in [4.69, 9.17) is 9.47 Å². The molecule has 27 heteroatoms. The molecule has 9 heterocycles. The number of rotatable bonds is 9. The first-order chi connectivity index (χ1) is 46.9. The van der Waals surface area contributed by atoms with Crippen LogP contribution in [0, 0.1) is 0 Å². The standard InChI is InChI=1S/2C8H13NO2.C8H15NOS.2C8H13NOS.C8H11NOS.C8H15NOS.2C8H13NOS/c2*1-7(2)9-6-11-5-3-4-8(9)10;4*1-7(2)9-4-6-11-5-3-8(9)10;3*1-7(2)9-6-11-5-3-4-8(9)10/h3,5,7H,4,6H2,1-2H3;3-4,7H,5-6H2,1-2H3;7H,3-6H2,1-2H3;4,6-7H,3,5H2,1-2H3;3,5,7H,4,6H2,1-2H3;3-7H,1-2H3;7H,3-6H2,1-2H3;3,5,7H,4,6H2,1-2H3;3-4,7H,5-6H2,1-2H3. The van der Waals surface area contributed by atoms with Crippen molar-refractivity contribution in [3.05, 3.63) is 94.3 Å². The molecule has 0 radical (unpaired) electrons. The molecule has 0 saturated carbocycles. The van der Waals surface area contributed by atoms with Crippen LogP contribution in [0.4, 0.5) is 0 Å². The van der Waals surface area contributed by atoms with E-state index in [1.165, 1.54) is 11.8 Å². The fourth-order valence-corrected chi connectivity index (χ4v) is 14.7. The summed E-state index contributed by atoms with van der Waals surface area (Å²) in [6.45, 7) is 39.6. The van der Waals surface area contributed by atoms with Gasteiger partial charge in [-0.2, -0.15) is 11.8 Å². The maximum absolute atomic E-state index is 11.4. The summed E-state index contributed by atoms with van der Waals surface area (Å²) in [6.07, 6.45) is 23.3. The SMILES string of the molecule is CC(C)N1C=CSC=CC1=O.CC(C)N1C=CSCCC1=O.CC(C)N1CCSC=CC1=O.CC(C)N1CCSCCC1=O.CC(C)N1COC=CCC1=O.CC(C)N1COCC=CC1=O.CC(C)N1CSC=CCC1=O.CC(C)N1CSCC=CC1=O.CC(C)N1CSCCCC1=O. The topological polar surface area (TPSA) is 201 Å². The average molecular weight is 1510 g/mol. The van der Waals surface area contributed by atoms with Crippen LogP contribution in [0.1, 0.15) is 163 Å². The molecule has 0 bridgehead atoms. The molecule has 0 unspecified atom stereocenters. The molecular weight excluding hydrogens is 1390 g/mol. The van der Waals surface area contributed by atoms with Gasteiger partial charge in [0.1, 0.15) is 6.73 Å². The van der Waals surface area contributed by atoms with E-state index in [9.17, 15) is 43.2 Å². The summed E-state index contributed by atoms with van der Waals surface area (Å²) in [7, 11) is 0. The van der Waals surface area contributed by atoms with Crippen molar-refractivity contribution in [2.75, 3.05) is 85.3 Å². The summed E-state index contributed by atoms with van der Waals surface area (Å²) >= 11 is 12.1. The highest BCUT2D eigenvalue weighted by atomic mass is 32.2. The summed E-state index contributed by atoms with van der Waals surface area (Å²) in [5.74, 6) is 10.3. The Morgan fingerprint density at radius 1 is 0.354 bits per heavy atom. The summed E-state index contributed by atoms with van der Waals surface area (Å²) in [6, 6.07) is 2.68. The van der Waals surface area contributed by atoms with E-state index >= 15 is 0 Å². The third kappa shape index (κ3) is 40.1. The van der Waals surface area contributed by atoms with Gasteiger partial charge < -0.3 is 53.6 Å². The van der Waals surface area contributed by atoms with Gasteiger partial charge >= 0.3 is 0 Å². The first-order valence-electron chi connectivity index (χ1n) is 34.4. The minimum atomic E-state index is 0.0394. The molecule has 0 aromatic heterocycles. The van der Waals surface area contributed by atoms with Gasteiger partial charge in [-0.05, 0) is 176 Å². The maximum atomic E-state index is 11.4. The minimum Gasteiger partial charge on any atom is -0.481 e. The van der Waals surface area contributed by atoms with E-state index in [-0.39, 0.29) is 65.5 Å². The Morgan fingerprint density at radius 3 is 1.52 bits per heavy atom. The third-order valence-electron chi connectivity index (χ3n) is 14.9. The number of nitrogens with zero attached hydrogens (tertiary/aromatic N) is 9. The number of carbonyl (C=O) groups is 9. The predicted octanol–water partition coefficient (Wildman–Crippen LogP) is 13.5. The molecule has 9 aliphatic heterocycles. The van der Waals surface area contributed by atoms with Gasteiger partial charge in [0.25, 0.3) is 5.91 Å². The number of hydrogen-bond acceptors (Lipinski definition) is 18. The molecule has 9 amide bonds. The Balaban J connectivity index is 0.000000557. The van der Waals surface area contributed by atoms with Crippen molar-refractivity contribution >= 4 is 135 Å². The summed E-state index contributed by atoms with van der Waals surface area (Å²) < 4.78 is 10.2. The van der Waals surface area contributed by atoms with Gasteiger partial charge in [-0.1, -0.05) is 18.2 Å². The first-order valence-corrected chi connectivity index (χ1v) is 41.9. The largest absolute Gasteiger partial charge is 0.481 e. The molecule has 99 heavy (non-hydrogen) atoms. The highest BCUT2D eigenvalue weighted by molar-refractivity contribution is 8.05. The lowest BCUT2D eigenvalue weighted by Crippen LogP contribution is -2.37. The van der Waals surface area contributed by atoms with Gasteiger partial charge in [0.15, 0.2) is 6.73 Å². The normalized spacial score (nSPS) is 19.3. The summed E-state index contributed by atoms with van der Waals surface area (Å²) in [5, 5.41) is 9.57. The van der Waals surface area contributed by atoms with Crippen molar-refractivity contribution in [2.45, 2.75) is 218 Å². The second-order valence-corrected chi connectivity index (χ2v) is 32.6. The van der Waals surface area contributed by atoms with Gasteiger partial charge in [-0.3, -0.25) is 43.2 Å². The molecule has 0 aromatic carbocycles. The van der Waals surface area contributed by atoms with Gasteiger partial charge in [-0.25, -0.2) is 0 Å². The Hall–Kier alpha value is -4.64. The fourth-order valence-electron chi connectivity index (χ4n) is 9.04. The molecule has 9 rings (SSSR count). The minimum absolute atomic E-state index is 0.0394. The van der Waals surface area contributed by atoms with E-state index < -0.39 is 0 Å². The van der Waals surface area contributed by atoms with Crippen LogP contribution in [-0.2, 0) is 52.6 Å². The smallest absolute Gasteiger partial charge is 0.251 e. The number of thioether (sulfide) groups is 7. The quantitative estimate of drug-likeness (QED) is 0.211. The highest BCUT2D eigenvalue weighted by Gasteiger charge is 2.23. The molecular formula is C72H119N9O11S7. The van der Waals surface area contributed by atoms with Crippen LogP contribution in [-0.4, -0.2) is 237 Å². The van der Waals surface area contributed by atoms with E-state index in [0.717, 1.165) is 84.5 Å². The molecule has 560 valence electrons. The molecule has 20 nitrogen and oxygen atoms in total. The Kier molecular flexibility index (Phi) is 50.5. The highest BCUT2D eigenvalue weighted by Crippen LogP contribution is 2.20. The first kappa shape index (κ1) is 92.4. The lowest BCUT2D eigenvalue weighted by atomic mass is 10.2.